The first kappa shape index (κ1) is 17.4. The Morgan fingerprint density at radius 1 is 1.19 bits per heavy atom. The van der Waals surface area contributed by atoms with Gasteiger partial charge in [-0.25, -0.2) is 0 Å². The summed E-state index contributed by atoms with van der Waals surface area (Å²) in [4.78, 5) is 24.9. The Bertz CT molecular complexity index is 483. The minimum absolute atomic E-state index is 0.0565. The van der Waals surface area contributed by atoms with Gasteiger partial charge in [0.05, 0.1) is 13.1 Å². The van der Waals surface area contributed by atoms with Crippen molar-refractivity contribution in [3.05, 3.63) is 24.3 Å². The molecule has 0 saturated carbocycles. The first-order valence-corrected chi connectivity index (χ1v) is 7.02. The van der Waals surface area contributed by atoms with E-state index in [0.717, 1.165) is 0 Å². The Hall–Kier alpha value is -1.67. The Balaban J connectivity index is 2.45. The van der Waals surface area contributed by atoms with Crippen LogP contribution in [0.3, 0.4) is 0 Å². The number of nitrogens with one attached hydrogen (secondary N) is 2. The van der Waals surface area contributed by atoms with Crippen molar-refractivity contribution in [1.82, 2.24) is 10.2 Å². The number of rotatable bonds is 7. The van der Waals surface area contributed by atoms with E-state index in [2.05, 4.69) is 10.6 Å². The van der Waals surface area contributed by atoms with Crippen LogP contribution >= 0.6 is 11.8 Å². The van der Waals surface area contributed by atoms with E-state index in [1.54, 1.807) is 24.1 Å². The third-order valence-electron chi connectivity index (χ3n) is 2.47. The van der Waals surface area contributed by atoms with Crippen LogP contribution < -0.4 is 10.6 Å². The van der Waals surface area contributed by atoms with Crippen molar-refractivity contribution < 1.29 is 18.4 Å². The van der Waals surface area contributed by atoms with Crippen LogP contribution in [0, 0.1) is 0 Å². The highest BCUT2D eigenvalue weighted by Gasteiger charge is 2.10. The van der Waals surface area contributed by atoms with Crippen LogP contribution in [-0.4, -0.2) is 49.7 Å². The van der Waals surface area contributed by atoms with E-state index < -0.39 is 5.76 Å². The van der Waals surface area contributed by atoms with E-state index in [0.29, 0.717) is 22.3 Å². The second-order valence-corrected chi connectivity index (χ2v) is 5.36. The molecule has 0 unspecified atom stereocenters. The number of likely N-dealkylation sites (N-methyl/N-ethyl adjacent to an activating group) is 2. The van der Waals surface area contributed by atoms with Gasteiger partial charge in [0, 0.05) is 17.6 Å². The lowest BCUT2D eigenvalue weighted by Gasteiger charge is -2.15. The molecule has 0 saturated heterocycles. The van der Waals surface area contributed by atoms with Gasteiger partial charge in [-0.15, -0.1) is 0 Å². The van der Waals surface area contributed by atoms with Gasteiger partial charge >= 0.3 is 0 Å². The van der Waals surface area contributed by atoms with Crippen molar-refractivity contribution in [3.63, 3.8) is 0 Å². The molecule has 5 nitrogen and oxygen atoms in total. The van der Waals surface area contributed by atoms with Crippen molar-refractivity contribution in [2.45, 2.75) is 10.7 Å². The molecule has 0 bridgehead atoms. The Labute approximate surface area is 126 Å². The molecular weight excluding hydrogens is 300 g/mol. The van der Waals surface area contributed by atoms with Gasteiger partial charge in [0.1, 0.15) is 0 Å². The molecule has 0 spiro atoms. The summed E-state index contributed by atoms with van der Waals surface area (Å²) < 4.78 is 24.3. The minimum Gasteiger partial charge on any atom is -0.358 e. The molecule has 116 valence electrons. The van der Waals surface area contributed by atoms with Crippen LogP contribution in [0.15, 0.2) is 29.2 Å². The van der Waals surface area contributed by atoms with Gasteiger partial charge in [0.15, 0.2) is 0 Å². The lowest BCUT2D eigenvalue weighted by Crippen LogP contribution is -2.37. The summed E-state index contributed by atoms with van der Waals surface area (Å²) in [7, 11) is 3.17. The van der Waals surface area contributed by atoms with Gasteiger partial charge in [0.2, 0.25) is 11.8 Å². The Morgan fingerprint density at radius 3 is 2.29 bits per heavy atom. The summed E-state index contributed by atoms with van der Waals surface area (Å²) in [6.07, 6.45) is 0. The van der Waals surface area contributed by atoms with Gasteiger partial charge in [0.25, 0.3) is 5.76 Å². The number of amides is 2. The molecule has 8 heteroatoms. The van der Waals surface area contributed by atoms with E-state index in [1.807, 2.05) is 0 Å². The van der Waals surface area contributed by atoms with Crippen LogP contribution in [0.4, 0.5) is 14.5 Å². The topological polar surface area (TPSA) is 61.4 Å². The molecule has 0 atom stereocenters. The highest BCUT2D eigenvalue weighted by molar-refractivity contribution is 7.99. The standard InChI is InChI=1S/C13H17F2N3O2S/c1-16-11(19)7-18(2)8-12(20)17-9-3-5-10(6-4-9)21-13(14)15/h3-6,13H,7-8H2,1-2H3,(H,16,19)(H,17,20). The van der Waals surface area contributed by atoms with E-state index in [9.17, 15) is 18.4 Å². The number of alkyl halides is 2. The molecule has 0 aliphatic heterocycles. The largest absolute Gasteiger partial charge is 0.358 e. The van der Waals surface area contributed by atoms with Crippen molar-refractivity contribution in [2.24, 2.45) is 0 Å². The molecule has 1 aromatic carbocycles. The van der Waals surface area contributed by atoms with E-state index in [4.69, 9.17) is 0 Å². The number of hydrogen-bond donors (Lipinski definition) is 2. The third-order valence-corrected chi connectivity index (χ3v) is 3.19. The van der Waals surface area contributed by atoms with Gasteiger partial charge in [-0.05, 0) is 31.3 Å². The average molecular weight is 317 g/mol. The number of carbonyl (C=O) groups is 2. The molecule has 2 amide bonds. The number of thioether (sulfide) groups is 1. The highest BCUT2D eigenvalue weighted by atomic mass is 32.2. The minimum atomic E-state index is -2.47. The quantitative estimate of drug-likeness (QED) is 0.750. The summed E-state index contributed by atoms with van der Waals surface area (Å²) in [6.45, 7) is 0.175. The van der Waals surface area contributed by atoms with Gasteiger partial charge in [-0.3, -0.25) is 14.5 Å². The SMILES string of the molecule is CNC(=O)CN(C)CC(=O)Nc1ccc(SC(F)F)cc1. The fourth-order valence-electron chi connectivity index (χ4n) is 1.55. The molecule has 0 fully saturated rings. The first-order chi connectivity index (χ1) is 9.90. The molecule has 21 heavy (non-hydrogen) atoms. The van der Waals surface area contributed by atoms with E-state index >= 15 is 0 Å². The maximum absolute atomic E-state index is 12.2. The van der Waals surface area contributed by atoms with Crippen molar-refractivity contribution in [1.29, 1.82) is 0 Å². The monoisotopic (exact) mass is 317 g/mol. The van der Waals surface area contributed by atoms with Crippen molar-refractivity contribution in [3.8, 4) is 0 Å². The zero-order valence-electron chi connectivity index (χ0n) is 11.7. The zero-order chi connectivity index (χ0) is 15.8. The molecule has 1 aromatic rings. The smallest absolute Gasteiger partial charge is 0.288 e. The maximum atomic E-state index is 12.2. The van der Waals surface area contributed by atoms with Crippen LogP contribution in [0.2, 0.25) is 0 Å². The summed E-state index contributed by atoms with van der Waals surface area (Å²) in [5, 5.41) is 5.10. The molecule has 2 N–H and O–H groups in total. The van der Waals surface area contributed by atoms with Crippen molar-refractivity contribution >= 4 is 29.3 Å². The van der Waals surface area contributed by atoms with Crippen LogP contribution in [0.25, 0.3) is 0 Å². The number of anilines is 1. The molecular formula is C13H17F2N3O2S. The fourth-order valence-corrected chi connectivity index (χ4v) is 2.04. The number of hydrogen-bond acceptors (Lipinski definition) is 4. The van der Waals surface area contributed by atoms with Crippen molar-refractivity contribution in [2.75, 3.05) is 32.5 Å². The first-order valence-electron chi connectivity index (χ1n) is 6.14. The summed E-state index contributed by atoms with van der Waals surface area (Å²) >= 11 is 0.447. The lowest BCUT2D eigenvalue weighted by molar-refractivity contribution is -0.122. The number of halogens is 2. The van der Waals surface area contributed by atoms with Crippen LogP contribution in [-0.2, 0) is 9.59 Å². The fraction of sp³-hybridized carbons (Fsp3) is 0.385. The molecule has 0 aromatic heterocycles. The molecule has 0 radical (unpaired) electrons. The highest BCUT2D eigenvalue weighted by Crippen LogP contribution is 2.26. The summed E-state index contributed by atoms with van der Waals surface area (Å²) in [5.74, 6) is -2.93. The molecule has 0 heterocycles. The van der Waals surface area contributed by atoms with Gasteiger partial charge < -0.3 is 10.6 Å². The number of benzene rings is 1. The normalized spacial score (nSPS) is 10.8. The maximum Gasteiger partial charge on any atom is 0.288 e. The number of nitrogens with zero attached hydrogens (tertiary/aromatic N) is 1. The average Bonchev–Trinajstić information content (AvgIpc) is 2.39. The van der Waals surface area contributed by atoms with Crippen LogP contribution in [0.5, 0.6) is 0 Å². The van der Waals surface area contributed by atoms with Gasteiger partial charge in [-0.1, -0.05) is 11.8 Å². The summed E-state index contributed by atoms with van der Waals surface area (Å²) in [6, 6.07) is 6.14. The van der Waals surface area contributed by atoms with Crippen LogP contribution in [0.1, 0.15) is 0 Å². The second kappa shape index (κ2) is 8.58. The zero-order valence-corrected chi connectivity index (χ0v) is 12.5. The van der Waals surface area contributed by atoms with E-state index in [-0.39, 0.29) is 24.9 Å². The Morgan fingerprint density at radius 2 is 1.76 bits per heavy atom. The molecule has 0 aliphatic rings. The molecule has 0 aliphatic carbocycles. The third kappa shape index (κ3) is 7.05. The molecule has 1 rings (SSSR count). The second-order valence-electron chi connectivity index (χ2n) is 4.30. The van der Waals surface area contributed by atoms with E-state index in [1.165, 1.54) is 19.2 Å². The Kier molecular flexibility index (Phi) is 7.10. The lowest BCUT2D eigenvalue weighted by atomic mass is 10.3. The predicted molar refractivity (Wildman–Crippen MR) is 78.5 cm³/mol. The van der Waals surface area contributed by atoms with Gasteiger partial charge in [-0.2, -0.15) is 8.78 Å². The predicted octanol–water partition coefficient (Wildman–Crippen LogP) is 1.62. The summed E-state index contributed by atoms with van der Waals surface area (Å²) in [5.41, 5.74) is 0.520. The number of carbonyl (C=O) groups excluding carboxylic acids is 2.